The van der Waals surface area contributed by atoms with Crippen LogP contribution in [0, 0.1) is 0 Å². The van der Waals surface area contributed by atoms with Crippen molar-refractivity contribution in [2.24, 2.45) is 0 Å². The van der Waals surface area contributed by atoms with Gasteiger partial charge in [0.25, 0.3) is 5.91 Å². The second kappa shape index (κ2) is 9.28. The highest BCUT2D eigenvalue weighted by Gasteiger charge is 2.18. The maximum Gasteiger partial charge on any atom is 0.269 e. The average molecular weight is 450 g/mol. The Bertz CT molecular complexity index is 1260. The van der Waals surface area contributed by atoms with Crippen LogP contribution < -0.4 is 10.2 Å². The average Bonchev–Trinajstić information content (AvgIpc) is 3.21. The molecular formula is C25H26ClN4O2+. The van der Waals surface area contributed by atoms with Crippen molar-refractivity contribution in [1.82, 2.24) is 15.3 Å². The molecule has 0 unspecified atom stereocenters. The van der Waals surface area contributed by atoms with Crippen molar-refractivity contribution >= 4 is 39.3 Å². The van der Waals surface area contributed by atoms with Crippen LogP contribution in [0.2, 0.25) is 5.02 Å². The lowest BCUT2D eigenvalue weighted by atomic mass is 10.1. The first-order valence-electron chi connectivity index (χ1n) is 11.1. The monoisotopic (exact) mass is 449 g/mol. The van der Waals surface area contributed by atoms with Gasteiger partial charge in [-0.3, -0.25) is 4.79 Å². The predicted molar refractivity (Wildman–Crippen MR) is 127 cm³/mol. The van der Waals surface area contributed by atoms with Crippen LogP contribution in [-0.2, 0) is 4.74 Å². The summed E-state index contributed by atoms with van der Waals surface area (Å²) in [5.74, 6) is -0.164. The molecule has 6 nitrogen and oxygen atoms in total. The fourth-order valence-electron chi connectivity index (χ4n) is 4.35. The second-order valence-corrected chi connectivity index (χ2v) is 8.56. The highest BCUT2D eigenvalue weighted by molar-refractivity contribution is 6.33. The number of halogens is 1. The van der Waals surface area contributed by atoms with E-state index in [-0.39, 0.29) is 5.91 Å². The van der Waals surface area contributed by atoms with Crippen LogP contribution in [0.1, 0.15) is 16.9 Å². The molecule has 2 aromatic carbocycles. The third kappa shape index (κ3) is 4.21. The summed E-state index contributed by atoms with van der Waals surface area (Å²) >= 11 is 6.50. The number of quaternary nitrogens is 1. The smallest absolute Gasteiger partial charge is 0.269 e. The van der Waals surface area contributed by atoms with E-state index in [9.17, 15) is 4.79 Å². The Kier molecular flexibility index (Phi) is 6.08. The topological polar surface area (TPSA) is 71.4 Å². The zero-order chi connectivity index (χ0) is 21.9. The Morgan fingerprint density at radius 1 is 1.09 bits per heavy atom. The lowest BCUT2D eigenvalue weighted by Gasteiger charge is -2.23. The summed E-state index contributed by atoms with van der Waals surface area (Å²) < 4.78 is 5.41. The van der Waals surface area contributed by atoms with E-state index in [2.05, 4.69) is 16.4 Å². The van der Waals surface area contributed by atoms with E-state index in [1.54, 1.807) is 0 Å². The number of aromatic nitrogens is 2. The zero-order valence-electron chi connectivity index (χ0n) is 17.8. The number of morpholine rings is 1. The van der Waals surface area contributed by atoms with Crippen molar-refractivity contribution in [2.75, 3.05) is 39.4 Å². The molecule has 164 valence electrons. The van der Waals surface area contributed by atoms with Gasteiger partial charge in [0.05, 0.1) is 36.0 Å². The fraction of sp³-hybridized carbons (Fsp3) is 0.280. The number of hydrogen-bond donors (Lipinski definition) is 3. The van der Waals surface area contributed by atoms with Gasteiger partial charge in [-0.05, 0) is 18.2 Å². The molecule has 1 amide bonds. The number of carbonyl (C=O) groups is 1. The highest BCUT2D eigenvalue weighted by atomic mass is 35.5. The molecule has 3 heterocycles. The first kappa shape index (κ1) is 20.9. The molecule has 1 saturated heterocycles. The molecule has 0 atom stereocenters. The number of nitrogens with one attached hydrogen (secondary N) is 3. The third-order valence-electron chi connectivity index (χ3n) is 6.05. The number of hydrogen-bond acceptors (Lipinski definition) is 3. The van der Waals surface area contributed by atoms with E-state index in [0.29, 0.717) is 23.0 Å². The molecule has 1 fully saturated rings. The van der Waals surface area contributed by atoms with Crippen molar-refractivity contribution in [3.05, 3.63) is 65.3 Å². The Morgan fingerprint density at radius 3 is 2.72 bits per heavy atom. The minimum Gasteiger partial charge on any atom is -0.370 e. The van der Waals surface area contributed by atoms with Gasteiger partial charge in [0.2, 0.25) is 0 Å². The van der Waals surface area contributed by atoms with Crippen LogP contribution in [0.5, 0.6) is 0 Å². The van der Waals surface area contributed by atoms with Crippen LogP contribution in [-0.4, -0.2) is 55.3 Å². The number of benzene rings is 2. The van der Waals surface area contributed by atoms with Gasteiger partial charge < -0.3 is 19.9 Å². The maximum absolute atomic E-state index is 13.0. The summed E-state index contributed by atoms with van der Waals surface area (Å²) in [4.78, 5) is 22.8. The van der Waals surface area contributed by atoms with Crippen LogP contribution in [0.25, 0.3) is 33.1 Å². The number of rotatable bonds is 6. The highest BCUT2D eigenvalue weighted by Crippen LogP contribution is 2.35. The Hall–Kier alpha value is -2.93. The molecule has 32 heavy (non-hydrogen) atoms. The molecular weight excluding hydrogens is 424 g/mol. The number of amides is 1. The lowest BCUT2D eigenvalue weighted by molar-refractivity contribution is -0.908. The van der Waals surface area contributed by atoms with Crippen molar-refractivity contribution in [1.29, 1.82) is 0 Å². The largest absolute Gasteiger partial charge is 0.370 e. The van der Waals surface area contributed by atoms with E-state index in [0.717, 1.165) is 66.6 Å². The molecule has 2 aromatic heterocycles. The Morgan fingerprint density at radius 2 is 1.88 bits per heavy atom. The Balaban J connectivity index is 1.44. The van der Waals surface area contributed by atoms with Gasteiger partial charge in [-0.15, -0.1) is 0 Å². The predicted octanol–water partition coefficient (Wildman–Crippen LogP) is 3.07. The lowest BCUT2D eigenvalue weighted by Crippen LogP contribution is -3.14. The quantitative estimate of drug-likeness (QED) is 0.396. The van der Waals surface area contributed by atoms with Gasteiger partial charge >= 0.3 is 0 Å². The summed E-state index contributed by atoms with van der Waals surface area (Å²) in [7, 11) is 0. The number of H-pyrrole nitrogens is 1. The summed E-state index contributed by atoms with van der Waals surface area (Å²) in [6.07, 6.45) is 0.924. The SMILES string of the molecule is O=C(NCCC[NH+]1CCOCC1)c1cc2c([nH]c3ccccc32)c(-c2ccccc2Cl)n1. The first-order chi connectivity index (χ1) is 15.7. The molecule has 7 heteroatoms. The summed E-state index contributed by atoms with van der Waals surface area (Å²) in [6.45, 7) is 5.37. The molecule has 4 aromatic rings. The van der Waals surface area contributed by atoms with Crippen molar-refractivity contribution in [3.8, 4) is 11.3 Å². The minimum absolute atomic E-state index is 0.164. The van der Waals surface area contributed by atoms with Crippen LogP contribution >= 0.6 is 11.6 Å². The minimum atomic E-state index is -0.164. The third-order valence-corrected chi connectivity index (χ3v) is 6.38. The van der Waals surface area contributed by atoms with Crippen molar-refractivity contribution < 1.29 is 14.4 Å². The van der Waals surface area contributed by atoms with Gasteiger partial charge in [0.1, 0.15) is 18.8 Å². The van der Waals surface area contributed by atoms with E-state index in [1.165, 1.54) is 4.90 Å². The van der Waals surface area contributed by atoms with Gasteiger partial charge in [0.15, 0.2) is 0 Å². The molecule has 0 spiro atoms. The van der Waals surface area contributed by atoms with Crippen LogP contribution in [0.4, 0.5) is 0 Å². The van der Waals surface area contributed by atoms with Crippen molar-refractivity contribution in [3.63, 3.8) is 0 Å². The fourth-order valence-corrected chi connectivity index (χ4v) is 4.58. The molecule has 0 bridgehead atoms. The Labute approximate surface area is 191 Å². The number of para-hydroxylation sites is 1. The summed E-state index contributed by atoms with van der Waals surface area (Å²) in [5, 5.41) is 5.67. The first-order valence-corrected chi connectivity index (χ1v) is 11.4. The molecule has 0 radical (unpaired) electrons. The number of pyridine rings is 1. The van der Waals surface area contributed by atoms with Crippen LogP contribution in [0.3, 0.4) is 0 Å². The van der Waals surface area contributed by atoms with Crippen molar-refractivity contribution in [2.45, 2.75) is 6.42 Å². The maximum atomic E-state index is 13.0. The number of aromatic amines is 1. The molecule has 0 aliphatic carbocycles. The standard InChI is InChI=1S/C25H25ClN4O2/c26-20-8-3-1-7-18(20)23-24-19(17-6-2-4-9-21(17)28-24)16-22(29-23)25(31)27-10-5-11-30-12-14-32-15-13-30/h1-4,6-9,16,28H,5,10-15H2,(H,27,31)/p+1. The summed E-state index contributed by atoms with van der Waals surface area (Å²) in [6, 6.07) is 17.5. The molecule has 3 N–H and O–H groups in total. The van der Waals surface area contributed by atoms with Crippen LogP contribution in [0.15, 0.2) is 54.6 Å². The zero-order valence-corrected chi connectivity index (χ0v) is 18.5. The number of nitrogens with zero attached hydrogens (tertiary/aromatic N) is 1. The van der Waals surface area contributed by atoms with E-state index in [4.69, 9.17) is 21.3 Å². The van der Waals surface area contributed by atoms with Gasteiger partial charge in [-0.2, -0.15) is 0 Å². The summed E-state index contributed by atoms with van der Waals surface area (Å²) in [5.41, 5.74) is 3.77. The molecule has 5 rings (SSSR count). The number of ether oxygens (including phenoxy) is 1. The van der Waals surface area contributed by atoms with E-state index >= 15 is 0 Å². The molecule has 1 aliphatic rings. The van der Waals surface area contributed by atoms with E-state index in [1.807, 2.05) is 48.5 Å². The van der Waals surface area contributed by atoms with Gasteiger partial charge in [-0.25, -0.2) is 4.98 Å². The second-order valence-electron chi connectivity index (χ2n) is 8.15. The van der Waals surface area contributed by atoms with E-state index < -0.39 is 0 Å². The van der Waals surface area contributed by atoms with Gasteiger partial charge in [-0.1, -0.05) is 48.0 Å². The normalized spacial score (nSPS) is 14.8. The molecule has 0 saturated carbocycles. The number of carbonyl (C=O) groups excluding carboxylic acids is 1. The van der Waals surface area contributed by atoms with Gasteiger partial charge in [0, 0.05) is 34.8 Å². The molecule has 1 aliphatic heterocycles. The number of fused-ring (bicyclic) bond motifs is 3.